The maximum Gasteiger partial charge on any atom is 0.230 e. The van der Waals surface area contributed by atoms with E-state index in [0.29, 0.717) is 24.7 Å². The number of methoxy groups -OCH3 is 1. The third kappa shape index (κ3) is 6.86. The van der Waals surface area contributed by atoms with E-state index in [9.17, 15) is 9.90 Å². The Morgan fingerprint density at radius 3 is 2.37 bits per heavy atom. The van der Waals surface area contributed by atoms with Crippen LogP contribution in [-0.4, -0.2) is 40.6 Å². The highest BCUT2D eigenvalue weighted by Crippen LogP contribution is 2.39. The van der Waals surface area contributed by atoms with Crippen molar-refractivity contribution in [2.45, 2.75) is 96.6 Å². The van der Waals surface area contributed by atoms with Crippen molar-refractivity contribution < 1.29 is 14.6 Å². The summed E-state index contributed by atoms with van der Waals surface area (Å²) in [4.78, 5) is 16.1. The third-order valence-corrected chi connectivity index (χ3v) is 9.25. The molecule has 2 aliphatic carbocycles. The Bertz CT molecular complexity index is 1320. The smallest absolute Gasteiger partial charge is 0.230 e. The third-order valence-electron chi connectivity index (χ3n) is 9.25. The van der Waals surface area contributed by atoms with Crippen LogP contribution in [0.5, 0.6) is 5.75 Å². The predicted molar refractivity (Wildman–Crippen MR) is 165 cm³/mol. The first-order chi connectivity index (χ1) is 19.6. The number of carbonyl (C=O) groups is 1. The van der Waals surface area contributed by atoms with Crippen LogP contribution in [0.15, 0.2) is 54.9 Å². The zero-order valence-corrected chi connectivity index (χ0v) is 25.5. The molecule has 0 atom stereocenters. The van der Waals surface area contributed by atoms with E-state index in [2.05, 4.69) is 86.4 Å². The second kappa shape index (κ2) is 12.4. The summed E-state index contributed by atoms with van der Waals surface area (Å²) < 4.78 is 7.46. The minimum Gasteiger partial charge on any atom is -0.496 e. The summed E-state index contributed by atoms with van der Waals surface area (Å²) in [6.45, 7) is 9.30. The van der Waals surface area contributed by atoms with E-state index < -0.39 is 0 Å². The standard InChI is InChI=1S/C35H47N3O3/c1-24-19-29(15-18-33(24)41-5)26-11-9-25(10-12-26)22-37(34(40)27-13-16-32(39)17-14-27)31-8-6-7-28(20-31)30-21-36-38(23-30)35(2,3)4/h6-8,15,18-21,23,25-27,32,39H,9-14,16-17,22H2,1-5H3. The Morgan fingerprint density at radius 1 is 1.00 bits per heavy atom. The van der Waals surface area contributed by atoms with Crippen molar-refractivity contribution in [3.63, 3.8) is 0 Å². The van der Waals surface area contributed by atoms with Crippen molar-refractivity contribution in [3.05, 3.63) is 66.0 Å². The fourth-order valence-electron chi connectivity index (χ4n) is 6.65. The van der Waals surface area contributed by atoms with E-state index >= 15 is 0 Å². The quantitative estimate of drug-likeness (QED) is 0.327. The second-order valence-electron chi connectivity index (χ2n) is 13.3. The summed E-state index contributed by atoms with van der Waals surface area (Å²) in [5.74, 6) is 2.16. The predicted octanol–water partition coefficient (Wildman–Crippen LogP) is 7.48. The van der Waals surface area contributed by atoms with Crippen LogP contribution in [0.1, 0.15) is 89.2 Å². The van der Waals surface area contributed by atoms with Gasteiger partial charge in [0.15, 0.2) is 0 Å². The van der Waals surface area contributed by atoms with Gasteiger partial charge in [-0.15, -0.1) is 0 Å². The highest BCUT2D eigenvalue weighted by atomic mass is 16.5. The van der Waals surface area contributed by atoms with Crippen LogP contribution in [0.25, 0.3) is 11.1 Å². The van der Waals surface area contributed by atoms with Gasteiger partial charge in [0, 0.05) is 29.9 Å². The molecule has 1 amide bonds. The molecule has 0 spiro atoms. The Hall–Kier alpha value is -3.12. The fourth-order valence-corrected chi connectivity index (χ4v) is 6.65. The zero-order valence-electron chi connectivity index (χ0n) is 25.5. The van der Waals surface area contributed by atoms with Gasteiger partial charge in [0.25, 0.3) is 0 Å². The monoisotopic (exact) mass is 557 g/mol. The van der Waals surface area contributed by atoms with Crippen molar-refractivity contribution in [2.24, 2.45) is 11.8 Å². The van der Waals surface area contributed by atoms with Gasteiger partial charge in [0.1, 0.15) is 5.75 Å². The summed E-state index contributed by atoms with van der Waals surface area (Å²) in [6, 6.07) is 15.0. The first-order valence-corrected chi connectivity index (χ1v) is 15.4. The number of nitrogens with zero attached hydrogens (tertiary/aromatic N) is 3. The molecule has 220 valence electrons. The van der Waals surface area contributed by atoms with Gasteiger partial charge < -0.3 is 14.7 Å². The number of carbonyl (C=O) groups excluding carboxylic acids is 1. The molecular formula is C35H47N3O3. The molecule has 0 aliphatic heterocycles. The van der Waals surface area contributed by atoms with Crippen molar-refractivity contribution in [1.82, 2.24) is 9.78 Å². The van der Waals surface area contributed by atoms with Crippen molar-refractivity contribution in [1.29, 1.82) is 0 Å². The minimum atomic E-state index is -0.271. The molecule has 6 heteroatoms. The van der Waals surface area contributed by atoms with Gasteiger partial charge >= 0.3 is 0 Å². The summed E-state index contributed by atoms with van der Waals surface area (Å²) >= 11 is 0. The zero-order chi connectivity index (χ0) is 29.1. The van der Waals surface area contributed by atoms with Crippen LogP contribution in [-0.2, 0) is 10.3 Å². The first-order valence-electron chi connectivity index (χ1n) is 15.4. The Morgan fingerprint density at radius 2 is 1.73 bits per heavy atom. The van der Waals surface area contributed by atoms with Gasteiger partial charge in [0.2, 0.25) is 5.91 Å². The number of hydrogen-bond donors (Lipinski definition) is 1. The average Bonchev–Trinajstić information content (AvgIpc) is 3.48. The van der Waals surface area contributed by atoms with Crippen molar-refractivity contribution >= 4 is 11.6 Å². The SMILES string of the molecule is COc1ccc(C2CCC(CN(C(=O)C3CCC(O)CC3)c3cccc(-c4cnn(C(C)(C)C)c4)c3)CC2)cc1C. The van der Waals surface area contributed by atoms with E-state index in [4.69, 9.17) is 4.74 Å². The van der Waals surface area contributed by atoms with Crippen LogP contribution in [0.4, 0.5) is 5.69 Å². The number of anilines is 1. The van der Waals surface area contributed by atoms with Gasteiger partial charge in [-0.3, -0.25) is 9.48 Å². The lowest BCUT2D eigenvalue weighted by Crippen LogP contribution is -2.41. The summed E-state index contributed by atoms with van der Waals surface area (Å²) in [6.07, 6.45) is 11.2. The number of rotatable bonds is 7. The maximum absolute atomic E-state index is 14.1. The summed E-state index contributed by atoms with van der Waals surface area (Å²) in [5.41, 5.74) is 5.61. The number of aliphatic hydroxyl groups excluding tert-OH is 1. The van der Waals surface area contributed by atoms with Crippen LogP contribution in [0, 0.1) is 18.8 Å². The van der Waals surface area contributed by atoms with Gasteiger partial charge in [-0.05, 0) is 126 Å². The fraction of sp³-hybridized carbons (Fsp3) is 0.543. The Balaban J connectivity index is 1.34. The molecule has 2 fully saturated rings. The number of aromatic nitrogens is 2. The lowest BCUT2D eigenvalue weighted by atomic mass is 9.78. The molecular weight excluding hydrogens is 510 g/mol. The topological polar surface area (TPSA) is 67.6 Å². The Kier molecular flexibility index (Phi) is 8.88. The van der Waals surface area contributed by atoms with E-state index in [1.54, 1.807) is 7.11 Å². The molecule has 41 heavy (non-hydrogen) atoms. The summed E-state index contributed by atoms with van der Waals surface area (Å²) in [5, 5.41) is 14.7. The summed E-state index contributed by atoms with van der Waals surface area (Å²) in [7, 11) is 1.73. The van der Waals surface area contributed by atoms with E-state index in [0.717, 1.165) is 67.6 Å². The van der Waals surface area contributed by atoms with Crippen LogP contribution in [0.2, 0.25) is 0 Å². The minimum absolute atomic E-state index is 0.0238. The van der Waals surface area contributed by atoms with E-state index in [1.165, 1.54) is 11.1 Å². The van der Waals surface area contributed by atoms with Crippen LogP contribution in [0.3, 0.4) is 0 Å². The average molecular weight is 558 g/mol. The Labute approximate surface area is 245 Å². The van der Waals surface area contributed by atoms with Crippen molar-refractivity contribution in [2.75, 3.05) is 18.6 Å². The number of amides is 1. The highest BCUT2D eigenvalue weighted by molar-refractivity contribution is 5.95. The lowest BCUT2D eigenvalue weighted by Gasteiger charge is -2.36. The van der Waals surface area contributed by atoms with Gasteiger partial charge in [-0.25, -0.2) is 0 Å². The van der Waals surface area contributed by atoms with Gasteiger partial charge in [-0.1, -0.05) is 24.3 Å². The molecule has 6 nitrogen and oxygen atoms in total. The highest BCUT2D eigenvalue weighted by Gasteiger charge is 2.32. The molecule has 1 N–H and O–H groups in total. The molecule has 0 unspecified atom stereocenters. The van der Waals surface area contributed by atoms with Gasteiger partial charge in [0.05, 0.1) is 24.9 Å². The second-order valence-corrected chi connectivity index (χ2v) is 13.3. The molecule has 5 rings (SSSR count). The molecule has 2 aliphatic rings. The normalized spacial score (nSPS) is 23.3. The van der Waals surface area contributed by atoms with Crippen LogP contribution >= 0.6 is 0 Å². The van der Waals surface area contributed by atoms with Gasteiger partial charge in [-0.2, -0.15) is 5.10 Å². The molecule has 1 aromatic heterocycles. The maximum atomic E-state index is 14.1. The van der Waals surface area contributed by atoms with Crippen molar-refractivity contribution in [3.8, 4) is 16.9 Å². The largest absolute Gasteiger partial charge is 0.496 e. The molecule has 0 radical (unpaired) electrons. The number of ether oxygens (including phenoxy) is 1. The lowest BCUT2D eigenvalue weighted by molar-refractivity contribution is -0.124. The van der Waals surface area contributed by atoms with E-state index in [-0.39, 0.29) is 23.5 Å². The number of hydrogen-bond acceptors (Lipinski definition) is 4. The number of aliphatic hydroxyl groups is 1. The number of benzene rings is 2. The molecule has 1 heterocycles. The molecule has 0 bridgehead atoms. The molecule has 3 aromatic rings. The van der Waals surface area contributed by atoms with E-state index in [1.807, 2.05) is 10.9 Å². The van der Waals surface area contributed by atoms with Crippen LogP contribution < -0.4 is 9.64 Å². The molecule has 2 saturated carbocycles. The first kappa shape index (κ1) is 29.4. The molecule has 0 saturated heterocycles. The molecule has 2 aromatic carbocycles. The number of aryl methyl sites for hydroxylation is 1.